The van der Waals surface area contributed by atoms with Gasteiger partial charge in [-0.15, -0.1) is 0 Å². The fraction of sp³-hybridized carbons (Fsp3) is 0.222. The van der Waals surface area contributed by atoms with Gasteiger partial charge in [-0.1, -0.05) is 125 Å². The predicted octanol–water partition coefficient (Wildman–Crippen LogP) is 11.7. The number of aromatic nitrogens is 3. The van der Waals surface area contributed by atoms with Crippen molar-refractivity contribution in [2.75, 3.05) is 0 Å². The molecule has 0 N–H and O–H groups in total. The van der Waals surface area contributed by atoms with Crippen molar-refractivity contribution in [2.45, 2.75) is 49.4 Å². The molecule has 2 atom stereocenters. The smallest absolute Gasteiger partial charge is 0.164 e. The largest absolute Gasteiger partial charge is 0.208 e. The van der Waals surface area contributed by atoms with E-state index in [1.54, 1.807) is 5.56 Å². The Labute approximate surface area is 295 Å². The second kappa shape index (κ2) is 11.2. The average molecular weight is 699 g/mol. The fourth-order valence-electron chi connectivity index (χ4n) is 10.1. The number of benzene rings is 6. The van der Waals surface area contributed by atoms with Crippen LogP contribution in [0.25, 0.3) is 55.7 Å². The summed E-state index contributed by atoms with van der Waals surface area (Å²) in [5.74, 6) is 3.72. The lowest BCUT2D eigenvalue weighted by Crippen LogP contribution is -2.55. The first kappa shape index (κ1) is 29.3. The van der Waals surface area contributed by atoms with E-state index in [9.17, 15) is 0 Å². The number of nitrogens with zero attached hydrogens (tertiary/aromatic N) is 3. The maximum absolute atomic E-state index is 5.12. The summed E-state index contributed by atoms with van der Waals surface area (Å²) in [7, 11) is 0. The molecule has 3 nitrogen and oxygen atoms in total. The SMILES string of the molecule is Brc1ccc(C23CC4CC(C2)CC(c2ccc(-c5nc(-c6ccc7ccccc7c6)nc(-c6ccc7ccccc7c6)n5)cc2)(C4)C3)cc1. The Morgan fingerprint density at radius 3 is 1.35 bits per heavy atom. The summed E-state index contributed by atoms with van der Waals surface area (Å²) in [4.78, 5) is 15.3. The molecule has 1 aromatic heterocycles. The van der Waals surface area contributed by atoms with Gasteiger partial charge in [0, 0.05) is 21.2 Å². The highest BCUT2D eigenvalue weighted by Crippen LogP contribution is 2.66. The van der Waals surface area contributed by atoms with Crippen LogP contribution in [0.5, 0.6) is 0 Å². The van der Waals surface area contributed by atoms with Crippen molar-refractivity contribution in [3.63, 3.8) is 0 Å². The Balaban J connectivity index is 1.05. The van der Waals surface area contributed by atoms with E-state index < -0.39 is 0 Å². The van der Waals surface area contributed by atoms with E-state index in [1.807, 2.05) is 0 Å². The van der Waals surface area contributed by atoms with E-state index in [1.165, 1.54) is 65.6 Å². The molecule has 0 radical (unpaired) electrons. The molecule has 7 aromatic rings. The van der Waals surface area contributed by atoms with Crippen molar-refractivity contribution in [3.8, 4) is 34.2 Å². The third-order valence-corrected chi connectivity index (χ3v) is 12.5. The second-order valence-electron chi connectivity index (χ2n) is 15.0. The molecular formula is C45H36BrN3. The lowest BCUT2D eigenvalue weighted by molar-refractivity contribution is -0.0281. The third-order valence-electron chi connectivity index (χ3n) is 11.9. The maximum atomic E-state index is 5.12. The van der Waals surface area contributed by atoms with Crippen molar-refractivity contribution in [1.82, 2.24) is 15.0 Å². The summed E-state index contributed by atoms with van der Waals surface area (Å²) in [5, 5.41) is 4.76. The van der Waals surface area contributed by atoms with Gasteiger partial charge in [0.25, 0.3) is 0 Å². The Kier molecular flexibility index (Phi) is 6.68. The van der Waals surface area contributed by atoms with Crippen LogP contribution >= 0.6 is 15.9 Å². The molecule has 4 heteroatoms. The van der Waals surface area contributed by atoms with E-state index in [-0.39, 0.29) is 5.41 Å². The maximum Gasteiger partial charge on any atom is 0.164 e. The van der Waals surface area contributed by atoms with Crippen LogP contribution in [-0.2, 0) is 10.8 Å². The minimum Gasteiger partial charge on any atom is -0.208 e. The molecule has 4 bridgehead atoms. The highest BCUT2D eigenvalue weighted by atomic mass is 79.9. The van der Waals surface area contributed by atoms with Gasteiger partial charge in [-0.05, 0) is 118 Å². The summed E-state index contributed by atoms with van der Waals surface area (Å²) < 4.78 is 1.16. The first-order valence-electron chi connectivity index (χ1n) is 17.6. The summed E-state index contributed by atoms with van der Waals surface area (Å²) >= 11 is 3.67. The summed E-state index contributed by atoms with van der Waals surface area (Å²) in [6.07, 6.45) is 7.95. The quantitative estimate of drug-likeness (QED) is 0.180. The molecule has 0 aliphatic heterocycles. The zero-order valence-corrected chi connectivity index (χ0v) is 28.9. The molecule has 4 fully saturated rings. The van der Waals surface area contributed by atoms with Gasteiger partial charge in [0.15, 0.2) is 17.5 Å². The summed E-state index contributed by atoms with van der Waals surface area (Å²) in [6.45, 7) is 0. The lowest BCUT2D eigenvalue weighted by atomic mass is 9.42. The van der Waals surface area contributed by atoms with Gasteiger partial charge in [0.1, 0.15) is 0 Å². The number of hydrogen-bond acceptors (Lipinski definition) is 3. The molecule has 4 aliphatic carbocycles. The number of rotatable bonds is 5. The predicted molar refractivity (Wildman–Crippen MR) is 203 cm³/mol. The van der Waals surface area contributed by atoms with Crippen LogP contribution in [0.15, 0.2) is 138 Å². The molecule has 4 saturated carbocycles. The Morgan fingerprint density at radius 2 is 0.857 bits per heavy atom. The van der Waals surface area contributed by atoms with Crippen LogP contribution in [0.2, 0.25) is 0 Å². The van der Waals surface area contributed by atoms with Crippen molar-refractivity contribution in [3.05, 3.63) is 149 Å². The van der Waals surface area contributed by atoms with Crippen LogP contribution in [0.1, 0.15) is 49.7 Å². The summed E-state index contributed by atoms with van der Waals surface area (Å²) in [5.41, 5.74) is 6.58. The molecular weight excluding hydrogens is 662 g/mol. The van der Waals surface area contributed by atoms with Crippen molar-refractivity contribution in [1.29, 1.82) is 0 Å². The van der Waals surface area contributed by atoms with Crippen molar-refractivity contribution in [2.24, 2.45) is 11.8 Å². The first-order valence-corrected chi connectivity index (χ1v) is 18.4. The van der Waals surface area contributed by atoms with Gasteiger partial charge in [0.05, 0.1) is 0 Å². The van der Waals surface area contributed by atoms with Crippen LogP contribution < -0.4 is 0 Å². The van der Waals surface area contributed by atoms with E-state index in [2.05, 4.69) is 149 Å². The first-order chi connectivity index (χ1) is 24.0. The molecule has 0 amide bonds. The monoisotopic (exact) mass is 697 g/mol. The topological polar surface area (TPSA) is 38.7 Å². The minimum atomic E-state index is 0.237. The molecule has 2 unspecified atom stereocenters. The third kappa shape index (κ3) is 5.03. The number of halogens is 1. The Bertz CT molecular complexity index is 2270. The molecule has 11 rings (SSSR count). The van der Waals surface area contributed by atoms with Gasteiger partial charge in [-0.3, -0.25) is 0 Å². The molecule has 4 aliphatic rings. The minimum absolute atomic E-state index is 0.237. The van der Waals surface area contributed by atoms with Gasteiger partial charge in [0.2, 0.25) is 0 Å². The summed E-state index contributed by atoms with van der Waals surface area (Å²) in [6, 6.07) is 48.4. The zero-order valence-electron chi connectivity index (χ0n) is 27.3. The van der Waals surface area contributed by atoms with Gasteiger partial charge >= 0.3 is 0 Å². The zero-order chi connectivity index (χ0) is 32.6. The second-order valence-corrected chi connectivity index (χ2v) is 16.0. The standard InChI is InChI=1S/C45H36BrN3/c46-40-19-17-39(18-20-40)45-26-29-21-30(27-45)25-44(24-29,28-45)38-15-13-33(14-16-38)41-47-42(36-11-9-31-5-1-3-7-34(31)22-36)49-43(48-41)37-12-10-32-6-2-4-8-35(32)23-37/h1-20,22-23,29-30H,21,24-28H2. The van der Waals surface area contributed by atoms with E-state index in [0.717, 1.165) is 33.0 Å². The van der Waals surface area contributed by atoms with Crippen LogP contribution in [-0.4, -0.2) is 15.0 Å². The molecule has 49 heavy (non-hydrogen) atoms. The van der Waals surface area contributed by atoms with Crippen LogP contribution in [0.3, 0.4) is 0 Å². The van der Waals surface area contributed by atoms with Crippen molar-refractivity contribution < 1.29 is 0 Å². The average Bonchev–Trinajstić information content (AvgIpc) is 3.14. The molecule has 0 spiro atoms. The van der Waals surface area contributed by atoms with E-state index in [4.69, 9.17) is 15.0 Å². The van der Waals surface area contributed by atoms with E-state index in [0.29, 0.717) is 22.9 Å². The molecule has 6 aromatic carbocycles. The van der Waals surface area contributed by atoms with Crippen LogP contribution in [0.4, 0.5) is 0 Å². The van der Waals surface area contributed by atoms with Gasteiger partial charge in [-0.2, -0.15) is 0 Å². The van der Waals surface area contributed by atoms with Crippen molar-refractivity contribution >= 4 is 37.5 Å². The Morgan fingerprint density at radius 1 is 0.449 bits per heavy atom. The fourth-order valence-corrected chi connectivity index (χ4v) is 10.4. The molecule has 0 saturated heterocycles. The normalized spacial score (nSPS) is 24.1. The van der Waals surface area contributed by atoms with Crippen LogP contribution in [0, 0.1) is 11.8 Å². The highest BCUT2D eigenvalue weighted by Gasteiger charge is 2.58. The van der Waals surface area contributed by atoms with Gasteiger partial charge < -0.3 is 0 Å². The number of hydrogen-bond donors (Lipinski definition) is 0. The Hall–Kier alpha value is -4.67. The highest BCUT2D eigenvalue weighted by molar-refractivity contribution is 9.10. The lowest BCUT2D eigenvalue weighted by Gasteiger charge is -2.63. The van der Waals surface area contributed by atoms with E-state index >= 15 is 0 Å². The molecule has 1 heterocycles. The molecule has 238 valence electrons. The number of fused-ring (bicyclic) bond motifs is 2. The van der Waals surface area contributed by atoms with Gasteiger partial charge in [-0.25, -0.2) is 15.0 Å².